The number of carbonyl (C=O) groups is 3. The Balaban J connectivity index is 2.18. The maximum Gasteiger partial charge on any atom is 0.339 e. The summed E-state index contributed by atoms with van der Waals surface area (Å²) in [7, 11) is 1.26. The number of hydrogen-bond acceptors (Lipinski definition) is 5. The highest BCUT2D eigenvalue weighted by Gasteiger charge is 2.32. The molecule has 1 saturated carbocycles. The molecular weight excluding hydrogens is 286 g/mol. The Morgan fingerprint density at radius 2 is 1.77 bits per heavy atom. The Morgan fingerprint density at radius 1 is 1.14 bits per heavy atom. The molecule has 1 aromatic carbocycles. The third-order valence-electron chi connectivity index (χ3n) is 4.00. The molecule has 0 radical (unpaired) electrons. The number of hydrogen-bond donors (Lipinski definition) is 1. The number of carboxylic acids is 1. The number of rotatable bonds is 4. The van der Waals surface area contributed by atoms with Crippen molar-refractivity contribution in [1.29, 1.82) is 0 Å². The molecule has 1 aromatic rings. The van der Waals surface area contributed by atoms with Crippen LogP contribution in [0.5, 0.6) is 0 Å². The van der Waals surface area contributed by atoms with Crippen molar-refractivity contribution in [1.82, 2.24) is 0 Å². The van der Waals surface area contributed by atoms with Crippen molar-refractivity contribution in [2.24, 2.45) is 11.8 Å². The number of aliphatic carboxylic acids is 1. The lowest BCUT2D eigenvalue weighted by atomic mass is 9.78. The molecule has 1 N–H and O–H groups in total. The average molecular weight is 304 g/mol. The zero-order valence-corrected chi connectivity index (χ0v) is 12.3. The van der Waals surface area contributed by atoms with Gasteiger partial charge in [-0.15, -0.1) is 0 Å². The second-order valence-corrected chi connectivity index (χ2v) is 5.34. The number of methoxy groups -OCH3 is 1. The molecule has 0 aromatic heterocycles. The van der Waals surface area contributed by atoms with Crippen LogP contribution in [0.4, 0.5) is 5.69 Å². The largest absolute Gasteiger partial charge is 0.550 e. The van der Waals surface area contributed by atoms with E-state index in [4.69, 9.17) is 0 Å². The van der Waals surface area contributed by atoms with Gasteiger partial charge in [-0.05, 0) is 25.0 Å². The van der Waals surface area contributed by atoms with Crippen LogP contribution < -0.4 is 10.4 Å². The fraction of sp³-hybridized carbons (Fsp3) is 0.438. The van der Waals surface area contributed by atoms with E-state index in [1.165, 1.54) is 7.11 Å². The maximum atomic E-state index is 12.4. The van der Waals surface area contributed by atoms with E-state index in [2.05, 4.69) is 10.1 Å². The Labute approximate surface area is 128 Å². The first-order valence-corrected chi connectivity index (χ1v) is 7.23. The topological polar surface area (TPSA) is 95.5 Å². The van der Waals surface area contributed by atoms with Crippen LogP contribution in [0.3, 0.4) is 0 Å². The third-order valence-corrected chi connectivity index (χ3v) is 4.00. The van der Waals surface area contributed by atoms with Crippen molar-refractivity contribution in [2.75, 3.05) is 12.4 Å². The first-order valence-electron chi connectivity index (χ1n) is 7.23. The van der Waals surface area contributed by atoms with Gasteiger partial charge in [-0.3, -0.25) is 4.79 Å². The van der Waals surface area contributed by atoms with E-state index in [9.17, 15) is 19.5 Å². The normalized spacial score (nSPS) is 21.0. The summed E-state index contributed by atoms with van der Waals surface area (Å²) in [4.78, 5) is 35.3. The van der Waals surface area contributed by atoms with Crippen molar-refractivity contribution in [2.45, 2.75) is 25.7 Å². The van der Waals surface area contributed by atoms with Gasteiger partial charge in [0.1, 0.15) is 0 Å². The van der Waals surface area contributed by atoms with Crippen LogP contribution in [-0.2, 0) is 14.3 Å². The van der Waals surface area contributed by atoms with Crippen molar-refractivity contribution in [3.05, 3.63) is 29.8 Å². The first-order chi connectivity index (χ1) is 10.5. The predicted molar refractivity (Wildman–Crippen MR) is 76.9 cm³/mol. The molecule has 118 valence electrons. The summed E-state index contributed by atoms with van der Waals surface area (Å²) in [6.45, 7) is 0. The standard InChI is InChI=1S/C16H19NO5/c1-22-16(21)12-8-4-5-9-13(12)17-14(18)10-6-2-3-7-11(10)15(19)20/h4-5,8-11H,2-3,6-7H2,1H3,(H,17,18)(H,19,20)/p-1/t10-,11-/m1/s1. The van der Waals surface area contributed by atoms with Gasteiger partial charge in [0.15, 0.2) is 0 Å². The molecule has 6 heteroatoms. The Bertz CT molecular complexity index is 584. The fourth-order valence-electron chi connectivity index (χ4n) is 2.83. The lowest BCUT2D eigenvalue weighted by Gasteiger charge is -2.31. The second kappa shape index (κ2) is 7.06. The number of nitrogens with one attached hydrogen (secondary N) is 1. The van der Waals surface area contributed by atoms with Gasteiger partial charge < -0.3 is 20.0 Å². The number of para-hydroxylation sites is 1. The van der Waals surface area contributed by atoms with Crippen LogP contribution in [0.15, 0.2) is 24.3 Å². The zero-order chi connectivity index (χ0) is 16.1. The lowest BCUT2D eigenvalue weighted by Crippen LogP contribution is -2.42. The number of carboxylic acid groups (broad SMARTS) is 1. The van der Waals surface area contributed by atoms with Crippen molar-refractivity contribution < 1.29 is 24.2 Å². The molecule has 0 saturated heterocycles. The van der Waals surface area contributed by atoms with Crippen LogP contribution in [0, 0.1) is 11.8 Å². The number of ether oxygens (including phenoxy) is 1. The highest BCUT2D eigenvalue weighted by atomic mass is 16.5. The summed E-state index contributed by atoms with van der Waals surface area (Å²) in [5.74, 6) is -3.56. The number of amides is 1. The van der Waals surface area contributed by atoms with Crippen LogP contribution in [-0.4, -0.2) is 25.0 Å². The molecule has 0 heterocycles. The molecule has 1 amide bonds. The van der Waals surface area contributed by atoms with E-state index in [0.29, 0.717) is 18.5 Å². The molecule has 2 atom stereocenters. The lowest BCUT2D eigenvalue weighted by molar-refractivity contribution is -0.313. The zero-order valence-electron chi connectivity index (χ0n) is 12.3. The molecule has 1 aliphatic rings. The van der Waals surface area contributed by atoms with Crippen LogP contribution in [0.25, 0.3) is 0 Å². The van der Waals surface area contributed by atoms with Gasteiger partial charge >= 0.3 is 5.97 Å². The molecule has 0 unspecified atom stereocenters. The average Bonchev–Trinajstić information content (AvgIpc) is 2.54. The van der Waals surface area contributed by atoms with E-state index >= 15 is 0 Å². The van der Waals surface area contributed by atoms with Gasteiger partial charge in [-0.2, -0.15) is 0 Å². The molecule has 0 spiro atoms. The first kappa shape index (κ1) is 16.0. The highest BCUT2D eigenvalue weighted by Crippen LogP contribution is 2.31. The summed E-state index contributed by atoms with van der Waals surface area (Å²) >= 11 is 0. The van der Waals surface area contributed by atoms with Gasteiger partial charge in [-0.1, -0.05) is 25.0 Å². The molecule has 2 rings (SSSR count). The minimum atomic E-state index is -1.19. The Morgan fingerprint density at radius 3 is 2.41 bits per heavy atom. The van der Waals surface area contributed by atoms with Gasteiger partial charge in [0.2, 0.25) is 5.91 Å². The van der Waals surface area contributed by atoms with Crippen molar-refractivity contribution in [3.8, 4) is 0 Å². The monoisotopic (exact) mass is 304 g/mol. The van der Waals surface area contributed by atoms with E-state index in [1.54, 1.807) is 24.3 Å². The van der Waals surface area contributed by atoms with Crippen LogP contribution >= 0.6 is 0 Å². The molecule has 22 heavy (non-hydrogen) atoms. The third kappa shape index (κ3) is 3.44. The fourth-order valence-corrected chi connectivity index (χ4v) is 2.83. The summed E-state index contributed by atoms with van der Waals surface area (Å²) in [5, 5.41) is 13.8. The Kier molecular flexibility index (Phi) is 5.14. The number of esters is 1. The van der Waals surface area contributed by atoms with Gasteiger partial charge in [0.05, 0.1) is 18.4 Å². The number of benzene rings is 1. The molecule has 1 fully saturated rings. The second-order valence-electron chi connectivity index (χ2n) is 5.34. The molecule has 6 nitrogen and oxygen atoms in total. The molecule has 0 aliphatic heterocycles. The summed E-state index contributed by atoms with van der Waals surface area (Å²) in [5.41, 5.74) is 0.557. The molecule has 1 aliphatic carbocycles. The Hall–Kier alpha value is -2.37. The van der Waals surface area contributed by atoms with Crippen molar-refractivity contribution >= 4 is 23.5 Å². The minimum Gasteiger partial charge on any atom is -0.550 e. The number of carbonyl (C=O) groups excluding carboxylic acids is 3. The summed E-state index contributed by atoms with van der Waals surface area (Å²) in [6, 6.07) is 6.46. The predicted octanol–water partition coefficient (Wildman–Crippen LogP) is 0.968. The van der Waals surface area contributed by atoms with Crippen LogP contribution in [0.1, 0.15) is 36.0 Å². The van der Waals surface area contributed by atoms with Crippen molar-refractivity contribution in [3.63, 3.8) is 0 Å². The van der Waals surface area contributed by atoms with E-state index < -0.39 is 29.7 Å². The molecule has 0 bridgehead atoms. The summed E-state index contributed by atoms with van der Waals surface area (Å²) < 4.78 is 4.67. The van der Waals surface area contributed by atoms with Gasteiger partial charge in [0.25, 0.3) is 0 Å². The SMILES string of the molecule is COC(=O)c1ccccc1NC(=O)[C@@H]1CCCC[C@H]1C(=O)[O-]. The maximum absolute atomic E-state index is 12.4. The quantitative estimate of drug-likeness (QED) is 0.836. The van der Waals surface area contributed by atoms with E-state index in [0.717, 1.165) is 12.8 Å². The van der Waals surface area contributed by atoms with E-state index in [-0.39, 0.29) is 5.56 Å². The minimum absolute atomic E-state index is 0.235. The van der Waals surface area contributed by atoms with Gasteiger partial charge in [-0.25, -0.2) is 4.79 Å². The van der Waals surface area contributed by atoms with Gasteiger partial charge in [0, 0.05) is 17.8 Å². The van der Waals surface area contributed by atoms with E-state index in [1.807, 2.05) is 0 Å². The molecular formula is C16H18NO5-. The number of anilines is 1. The van der Waals surface area contributed by atoms with Crippen LogP contribution in [0.2, 0.25) is 0 Å². The highest BCUT2D eigenvalue weighted by molar-refractivity contribution is 6.02. The smallest absolute Gasteiger partial charge is 0.339 e. The summed E-state index contributed by atoms with van der Waals surface area (Å²) in [6.07, 6.45) is 2.53.